The van der Waals surface area contributed by atoms with Crippen LogP contribution in [-0.4, -0.2) is 50.1 Å². The van der Waals surface area contributed by atoms with Crippen molar-refractivity contribution in [2.45, 2.75) is 50.6 Å². The van der Waals surface area contributed by atoms with Gasteiger partial charge in [-0.3, -0.25) is 14.5 Å². The van der Waals surface area contributed by atoms with Crippen LogP contribution in [0.2, 0.25) is 0 Å². The zero-order valence-corrected chi connectivity index (χ0v) is 24.3. The fourth-order valence-electron chi connectivity index (χ4n) is 6.04. The van der Waals surface area contributed by atoms with Crippen molar-refractivity contribution in [3.8, 4) is 11.5 Å². The van der Waals surface area contributed by atoms with E-state index in [0.29, 0.717) is 30.4 Å². The number of amides is 2. The minimum absolute atomic E-state index is 0.0978. The van der Waals surface area contributed by atoms with Crippen LogP contribution in [0.5, 0.6) is 11.5 Å². The zero-order valence-electron chi connectivity index (χ0n) is 24.3. The zero-order chi connectivity index (χ0) is 29.1. The van der Waals surface area contributed by atoms with Gasteiger partial charge in [-0.15, -0.1) is 0 Å². The van der Waals surface area contributed by atoms with Gasteiger partial charge in [0.1, 0.15) is 19.3 Å². The summed E-state index contributed by atoms with van der Waals surface area (Å²) in [5, 5.41) is 4.30. The summed E-state index contributed by atoms with van der Waals surface area (Å²) in [7, 11) is 3.96. The average molecular weight is 567 g/mol. The maximum absolute atomic E-state index is 14.5. The number of hydrogen-bond donors (Lipinski definition) is 2. The van der Waals surface area contributed by atoms with Crippen LogP contribution in [0, 0.1) is 0 Å². The van der Waals surface area contributed by atoms with E-state index in [-0.39, 0.29) is 24.3 Å². The number of anilines is 2. The second-order valence-electron chi connectivity index (χ2n) is 11.4. The minimum Gasteiger partial charge on any atom is -0.486 e. The standard InChI is InChI=1S/C34H38N4O4/c1-37(2)26-14-12-23(13-15-26)33(34(40)36-25-8-4-3-5-9-25)38(27-16-17-30-31(21-27)42-19-18-41-30)32(39)20-24-22-35-29-11-7-6-10-28(24)29/h6-7,10-17,21-22,25,33,35H,3-5,8-9,18-20H2,1-2H3,(H,36,40)/t33-/m1/s1. The molecular formula is C34H38N4O4. The van der Waals surface area contributed by atoms with Gasteiger partial charge in [-0.05, 0) is 54.3 Å². The number of rotatable bonds is 8. The number of aromatic nitrogens is 1. The molecule has 0 radical (unpaired) electrons. The number of nitrogens with zero attached hydrogens (tertiary/aromatic N) is 2. The highest BCUT2D eigenvalue weighted by molar-refractivity contribution is 6.03. The summed E-state index contributed by atoms with van der Waals surface area (Å²) < 4.78 is 11.7. The van der Waals surface area contributed by atoms with Gasteiger partial charge in [0.2, 0.25) is 11.8 Å². The fourth-order valence-corrected chi connectivity index (χ4v) is 6.04. The van der Waals surface area contributed by atoms with Crippen LogP contribution in [0.1, 0.15) is 49.3 Å². The second kappa shape index (κ2) is 12.2. The molecule has 2 amide bonds. The lowest BCUT2D eigenvalue weighted by Crippen LogP contribution is -2.47. The number of fused-ring (bicyclic) bond motifs is 2. The molecule has 42 heavy (non-hydrogen) atoms. The van der Waals surface area contributed by atoms with Crippen molar-refractivity contribution in [2.75, 3.05) is 37.1 Å². The lowest BCUT2D eigenvalue weighted by molar-refractivity contribution is -0.127. The molecule has 0 saturated heterocycles. The normalized spacial score (nSPS) is 15.7. The van der Waals surface area contributed by atoms with Crippen LogP contribution in [0.4, 0.5) is 11.4 Å². The van der Waals surface area contributed by atoms with Crippen molar-refractivity contribution in [1.82, 2.24) is 10.3 Å². The fraction of sp³-hybridized carbons (Fsp3) is 0.353. The molecule has 1 atom stereocenters. The molecule has 8 nitrogen and oxygen atoms in total. The Hall–Kier alpha value is -4.46. The van der Waals surface area contributed by atoms with Crippen molar-refractivity contribution < 1.29 is 19.1 Å². The van der Waals surface area contributed by atoms with Crippen LogP contribution in [0.25, 0.3) is 10.9 Å². The van der Waals surface area contributed by atoms with Crippen molar-refractivity contribution in [2.24, 2.45) is 0 Å². The molecular weight excluding hydrogens is 528 g/mol. The molecule has 0 spiro atoms. The van der Waals surface area contributed by atoms with Gasteiger partial charge in [-0.2, -0.15) is 0 Å². The largest absolute Gasteiger partial charge is 0.486 e. The minimum atomic E-state index is -0.872. The van der Waals surface area contributed by atoms with Gasteiger partial charge in [0.25, 0.3) is 0 Å². The Bertz CT molecular complexity index is 1560. The Morgan fingerprint density at radius 1 is 0.905 bits per heavy atom. The summed E-state index contributed by atoms with van der Waals surface area (Å²) in [6, 6.07) is 20.5. The maximum Gasteiger partial charge on any atom is 0.248 e. The molecule has 218 valence electrons. The predicted molar refractivity (Wildman–Crippen MR) is 165 cm³/mol. The third-order valence-corrected chi connectivity index (χ3v) is 8.27. The van der Waals surface area contributed by atoms with Crippen LogP contribution in [-0.2, 0) is 16.0 Å². The molecule has 0 bridgehead atoms. The monoisotopic (exact) mass is 566 g/mol. The van der Waals surface area contributed by atoms with E-state index in [1.807, 2.05) is 91.9 Å². The quantitative estimate of drug-likeness (QED) is 0.283. The van der Waals surface area contributed by atoms with E-state index in [2.05, 4.69) is 10.3 Å². The second-order valence-corrected chi connectivity index (χ2v) is 11.4. The highest BCUT2D eigenvalue weighted by Crippen LogP contribution is 2.38. The first-order valence-corrected chi connectivity index (χ1v) is 14.8. The molecule has 1 aliphatic carbocycles. The topological polar surface area (TPSA) is 86.9 Å². The third-order valence-electron chi connectivity index (χ3n) is 8.27. The van der Waals surface area contributed by atoms with Gasteiger partial charge < -0.3 is 24.7 Å². The van der Waals surface area contributed by atoms with Crippen LogP contribution >= 0.6 is 0 Å². The first-order chi connectivity index (χ1) is 20.5. The summed E-state index contributed by atoms with van der Waals surface area (Å²) in [4.78, 5) is 35.7. The molecule has 1 aromatic heterocycles. The molecule has 4 aromatic rings. The molecule has 6 rings (SSSR count). The molecule has 0 unspecified atom stereocenters. The molecule has 1 fully saturated rings. The number of hydrogen-bond acceptors (Lipinski definition) is 5. The van der Waals surface area contributed by atoms with Gasteiger partial charge in [0.05, 0.1) is 6.42 Å². The van der Waals surface area contributed by atoms with Crippen molar-refractivity contribution in [1.29, 1.82) is 0 Å². The van der Waals surface area contributed by atoms with Gasteiger partial charge in [0.15, 0.2) is 11.5 Å². The van der Waals surface area contributed by atoms with Crippen molar-refractivity contribution >= 4 is 34.1 Å². The molecule has 8 heteroatoms. The van der Waals surface area contributed by atoms with Crippen LogP contribution in [0.3, 0.4) is 0 Å². The summed E-state index contributed by atoms with van der Waals surface area (Å²) >= 11 is 0. The summed E-state index contributed by atoms with van der Waals surface area (Å²) in [6.07, 6.45) is 7.29. The lowest BCUT2D eigenvalue weighted by Gasteiger charge is -2.34. The summed E-state index contributed by atoms with van der Waals surface area (Å²) in [5.41, 5.74) is 4.20. The maximum atomic E-state index is 14.5. The number of ether oxygens (including phenoxy) is 2. The first-order valence-electron chi connectivity index (χ1n) is 14.8. The first kappa shape index (κ1) is 27.7. The van der Waals surface area contributed by atoms with Crippen molar-refractivity contribution in [3.05, 3.63) is 84.1 Å². The van der Waals surface area contributed by atoms with E-state index >= 15 is 0 Å². The summed E-state index contributed by atoms with van der Waals surface area (Å²) in [5.74, 6) is 0.837. The number of benzene rings is 3. The summed E-state index contributed by atoms with van der Waals surface area (Å²) in [6.45, 7) is 0.900. The van der Waals surface area contributed by atoms with Gasteiger partial charge in [-0.1, -0.05) is 49.6 Å². The van der Waals surface area contributed by atoms with Crippen LogP contribution < -0.4 is 24.6 Å². The number of nitrogens with one attached hydrogen (secondary N) is 2. The van der Waals surface area contributed by atoms with Gasteiger partial charge in [-0.25, -0.2) is 0 Å². The number of H-pyrrole nitrogens is 1. The smallest absolute Gasteiger partial charge is 0.248 e. The number of aromatic amines is 1. The molecule has 1 saturated carbocycles. The Labute approximate surface area is 246 Å². The molecule has 2 N–H and O–H groups in total. The molecule has 2 heterocycles. The Morgan fingerprint density at radius 2 is 1.62 bits per heavy atom. The number of carbonyl (C=O) groups excluding carboxylic acids is 2. The highest BCUT2D eigenvalue weighted by Gasteiger charge is 2.35. The van der Waals surface area contributed by atoms with E-state index < -0.39 is 6.04 Å². The van der Waals surface area contributed by atoms with E-state index in [0.717, 1.165) is 53.4 Å². The highest BCUT2D eigenvalue weighted by atomic mass is 16.6. The third kappa shape index (κ3) is 5.79. The molecule has 3 aromatic carbocycles. The van der Waals surface area contributed by atoms with E-state index in [1.54, 1.807) is 4.90 Å². The van der Waals surface area contributed by atoms with E-state index in [4.69, 9.17) is 9.47 Å². The van der Waals surface area contributed by atoms with Gasteiger partial charge in [0, 0.05) is 54.7 Å². The Morgan fingerprint density at radius 3 is 2.38 bits per heavy atom. The Balaban J connectivity index is 1.43. The molecule has 2 aliphatic rings. The Kier molecular flexibility index (Phi) is 8.04. The number of para-hydroxylation sites is 1. The van der Waals surface area contributed by atoms with E-state index in [9.17, 15) is 9.59 Å². The lowest BCUT2D eigenvalue weighted by atomic mass is 9.94. The SMILES string of the molecule is CN(C)c1ccc([C@H](C(=O)NC2CCCCC2)N(C(=O)Cc2c[nH]c3ccccc23)c2ccc3c(c2)OCCO3)cc1. The van der Waals surface area contributed by atoms with Crippen molar-refractivity contribution in [3.63, 3.8) is 0 Å². The number of carbonyl (C=O) groups is 2. The van der Waals surface area contributed by atoms with Gasteiger partial charge >= 0.3 is 0 Å². The predicted octanol–water partition coefficient (Wildman–Crippen LogP) is 5.77. The van der Waals surface area contributed by atoms with Crippen LogP contribution in [0.15, 0.2) is 72.9 Å². The average Bonchev–Trinajstić information content (AvgIpc) is 3.42. The van der Waals surface area contributed by atoms with E-state index in [1.165, 1.54) is 6.42 Å². The molecule has 1 aliphatic heterocycles.